The predicted octanol–water partition coefficient (Wildman–Crippen LogP) is 3.59. The van der Waals surface area contributed by atoms with Gasteiger partial charge in [0.1, 0.15) is 16.4 Å². The van der Waals surface area contributed by atoms with Gasteiger partial charge in [0.25, 0.3) is 0 Å². The van der Waals surface area contributed by atoms with Gasteiger partial charge in [-0.15, -0.1) is 11.3 Å². The van der Waals surface area contributed by atoms with Crippen LogP contribution in [-0.4, -0.2) is 18.9 Å². The molecule has 0 saturated heterocycles. The Kier molecular flexibility index (Phi) is 3.31. The molecular weight excluding hydrogens is 257 g/mol. The number of methoxy groups -OCH3 is 1. The van der Waals surface area contributed by atoms with Gasteiger partial charge in [-0.1, -0.05) is 23.2 Å². The van der Waals surface area contributed by atoms with Gasteiger partial charge in [0.2, 0.25) is 0 Å². The molecule has 0 radical (unpaired) electrons. The standard InChI is InChI=1S/C9H7Cl2NO2S/c1-13-4-14-6-2-7(11)12-8-5(10)3-15-9(6)8/h2-3H,4H2,1H3. The van der Waals surface area contributed by atoms with Crippen LogP contribution in [0.5, 0.6) is 5.75 Å². The summed E-state index contributed by atoms with van der Waals surface area (Å²) in [6.07, 6.45) is 0. The van der Waals surface area contributed by atoms with Gasteiger partial charge < -0.3 is 9.47 Å². The van der Waals surface area contributed by atoms with Crippen LogP contribution in [0.3, 0.4) is 0 Å². The molecule has 0 unspecified atom stereocenters. The highest BCUT2D eigenvalue weighted by Crippen LogP contribution is 2.36. The highest BCUT2D eigenvalue weighted by Gasteiger charge is 2.11. The highest BCUT2D eigenvalue weighted by molar-refractivity contribution is 7.18. The molecule has 0 aliphatic rings. The Morgan fingerprint density at radius 1 is 1.47 bits per heavy atom. The Bertz CT molecular complexity index is 486. The molecule has 0 aromatic carbocycles. The molecule has 2 heterocycles. The van der Waals surface area contributed by atoms with Crippen LogP contribution in [0.2, 0.25) is 10.2 Å². The Hall–Kier alpha value is -0.550. The zero-order chi connectivity index (χ0) is 10.8. The summed E-state index contributed by atoms with van der Waals surface area (Å²) in [6.45, 7) is 0.172. The van der Waals surface area contributed by atoms with Crippen LogP contribution in [0.15, 0.2) is 11.4 Å². The topological polar surface area (TPSA) is 31.4 Å². The summed E-state index contributed by atoms with van der Waals surface area (Å²) in [6, 6.07) is 1.65. The van der Waals surface area contributed by atoms with Crippen LogP contribution in [0.1, 0.15) is 0 Å². The van der Waals surface area contributed by atoms with Crippen molar-refractivity contribution in [1.82, 2.24) is 4.98 Å². The molecule has 2 aromatic rings. The van der Waals surface area contributed by atoms with Crippen molar-refractivity contribution in [3.8, 4) is 5.75 Å². The van der Waals surface area contributed by atoms with Crippen molar-refractivity contribution in [2.75, 3.05) is 13.9 Å². The third-order valence-electron chi connectivity index (χ3n) is 1.75. The summed E-state index contributed by atoms with van der Waals surface area (Å²) in [4.78, 5) is 4.13. The Labute approximate surface area is 101 Å². The van der Waals surface area contributed by atoms with E-state index < -0.39 is 0 Å². The average Bonchev–Trinajstić information content (AvgIpc) is 2.57. The lowest BCUT2D eigenvalue weighted by Crippen LogP contribution is -1.99. The summed E-state index contributed by atoms with van der Waals surface area (Å²) in [7, 11) is 1.56. The summed E-state index contributed by atoms with van der Waals surface area (Å²) in [5.41, 5.74) is 0.667. The van der Waals surface area contributed by atoms with Crippen molar-refractivity contribution in [2.45, 2.75) is 0 Å². The minimum atomic E-state index is 0.172. The molecule has 15 heavy (non-hydrogen) atoms. The van der Waals surface area contributed by atoms with Crippen LogP contribution in [-0.2, 0) is 4.74 Å². The van der Waals surface area contributed by atoms with Gasteiger partial charge in [-0.25, -0.2) is 4.98 Å². The first-order valence-corrected chi connectivity index (χ1v) is 5.71. The molecule has 0 N–H and O–H groups in total. The van der Waals surface area contributed by atoms with E-state index >= 15 is 0 Å². The van der Waals surface area contributed by atoms with Crippen LogP contribution < -0.4 is 4.74 Å². The first-order valence-electron chi connectivity index (χ1n) is 4.07. The maximum absolute atomic E-state index is 5.95. The van der Waals surface area contributed by atoms with Gasteiger partial charge in [-0.05, 0) is 0 Å². The molecule has 0 aliphatic heterocycles. The SMILES string of the molecule is COCOc1cc(Cl)nc2c(Cl)csc12. The number of hydrogen-bond donors (Lipinski definition) is 0. The minimum absolute atomic E-state index is 0.172. The fraction of sp³-hybridized carbons (Fsp3) is 0.222. The number of halogens is 2. The van der Waals surface area contributed by atoms with E-state index in [0.29, 0.717) is 21.4 Å². The summed E-state index contributed by atoms with van der Waals surface area (Å²) >= 11 is 13.3. The number of nitrogens with zero attached hydrogens (tertiary/aromatic N) is 1. The molecule has 2 rings (SSSR count). The lowest BCUT2D eigenvalue weighted by molar-refractivity contribution is 0.0523. The number of rotatable bonds is 3. The Balaban J connectivity index is 2.52. The van der Waals surface area contributed by atoms with Crippen molar-refractivity contribution in [3.63, 3.8) is 0 Å². The number of pyridine rings is 1. The van der Waals surface area contributed by atoms with Crippen LogP contribution in [0, 0.1) is 0 Å². The smallest absolute Gasteiger partial charge is 0.188 e. The highest BCUT2D eigenvalue weighted by atomic mass is 35.5. The normalized spacial score (nSPS) is 10.9. The second-order valence-corrected chi connectivity index (χ2v) is 4.43. The molecular formula is C9H7Cl2NO2S. The molecule has 0 fully saturated rings. The van der Waals surface area contributed by atoms with E-state index in [2.05, 4.69) is 4.98 Å². The van der Waals surface area contributed by atoms with Gasteiger partial charge in [-0.2, -0.15) is 0 Å². The van der Waals surface area contributed by atoms with E-state index in [-0.39, 0.29) is 6.79 Å². The number of aromatic nitrogens is 1. The van der Waals surface area contributed by atoms with Crippen molar-refractivity contribution in [3.05, 3.63) is 21.6 Å². The number of thiophene rings is 1. The maximum atomic E-state index is 5.95. The van der Waals surface area contributed by atoms with Crippen molar-refractivity contribution >= 4 is 44.8 Å². The van der Waals surface area contributed by atoms with Gasteiger partial charge in [0, 0.05) is 18.6 Å². The lowest BCUT2D eigenvalue weighted by atomic mass is 10.4. The number of ether oxygens (including phenoxy) is 2. The molecule has 0 spiro atoms. The zero-order valence-corrected chi connectivity index (χ0v) is 10.1. The zero-order valence-electron chi connectivity index (χ0n) is 7.79. The maximum Gasteiger partial charge on any atom is 0.188 e. The van der Waals surface area contributed by atoms with E-state index in [1.807, 2.05) is 0 Å². The van der Waals surface area contributed by atoms with E-state index in [0.717, 1.165) is 4.70 Å². The molecule has 2 aromatic heterocycles. The third-order valence-corrected chi connectivity index (χ3v) is 3.34. The molecule has 80 valence electrons. The van der Waals surface area contributed by atoms with E-state index in [4.69, 9.17) is 32.7 Å². The first kappa shape index (κ1) is 11.0. The Morgan fingerprint density at radius 2 is 2.27 bits per heavy atom. The largest absolute Gasteiger partial charge is 0.466 e. The molecule has 0 atom stereocenters. The van der Waals surface area contributed by atoms with Gasteiger partial charge in [-0.3, -0.25) is 0 Å². The van der Waals surface area contributed by atoms with Crippen molar-refractivity contribution < 1.29 is 9.47 Å². The molecule has 0 aliphatic carbocycles. The quantitative estimate of drug-likeness (QED) is 0.627. The monoisotopic (exact) mass is 263 g/mol. The van der Waals surface area contributed by atoms with Crippen LogP contribution in [0.4, 0.5) is 0 Å². The average molecular weight is 264 g/mol. The second-order valence-electron chi connectivity index (χ2n) is 2.76. The summed E-state index contributed by atoms with van der Waals surface area (Å²) in [5.74, 6) is 0.642. The number of hydrogen-bond acceptors (Lipinski definition) is 4. The molecule has 3 nitrogen and oxygen atoms in total. The fourth-order valence-corrected chi connectivity index (χ4v) is 2.50. The Morgan fingerprint density at radius 3 is 3.00 bits per heavy atom. The molecule has 6 heteroatoms. The summed E-state index contributed by atoms with van der Waals surface area (Å²) < 4.78 is 11.1. The molecule has 0 saturated carbocycles. The number of fused-ring (bicyclic) bond motifs is 1. The minimum Gasteiger partial charge on any atom is -0.466 e. The van der Waals surface area contributed by atoms with Crippen LogP contribution >= 0.6 is 34.5 Å². The lowest BCUT2D eigenvalue weighted by Gasteiger charge is -2.05. The third kappa shape index (κ3) is 2.18. The fourth-order valence-electron chi connectivity index (χ4n) is 1.15. The first-order chi connectivity index (χ1) is 7.22. The van der Waals surface area contributed by atoms with Gasteiger partial charge in [0.15, 0.2) is 6.79 Å². The van der Waals surface area contributed by atoms with Gasteiger partial charge >= 0.3 is 0 Å². The van der Waals surface area contributed by atoms with Gasteiger partial charge in [0.05, 0.1) is 9.72 Å². The molecule has 0 amide bonds. The van der Waals surface area contributed by atoms with Crippen LogP contribution in [0.25, 0.3) is 10.2 Å². The van der Waals surface area contributed by atoms with E-state index in [1.165, 1.54) is 11.3 Å². The van der Waals surface area contributed by atoms with Crippen molar-refractivity contribution in [1.29, 1.82) is 0 Å². The van der Waals surface area contributed by atoms with Crippen molar-refractivity contribution in [2.24, 2.45) is 0 Å². The summed E-state index contributed by atoms with van der Waals surface area (Å²) in [5, 5.41) is 2.74. The second kappa shape index (κ2) is 4.53. The molecule has 0 bridgehead atoms. The predicted molar refractivity (Wildman–Crippen MR) is 62.1 cm³/mol. The van der Waals surface area contributed by atoms with E-state index in [9.17, 15) is 0 Å². The van der Waals surface area contributed by atoms with E-state index in [1.54, 1.807) is 18.6 Å².